The molecule has 0 bridgehead atoms. The minimum Gasteiger partial charge on any atom is -0.314 e. The van der Waals surface area contributed by atoms with E-state index in [0.29, 0.717) is 26.2 Å². The molecule has 2 rings (SSSR count). The van der Waals surface area contributed by atoms with Crippen molar-refractivity contribution in [2.45, 2.75) is 6.04 Å². The summed E-state index contributed by atoms with van der Waals surface area (Å²) in [6, 6.07) is 1.31. The van der Waals surface area contributed by atoms with E-state index in [4.69, 9.17) is 11.6 Å². The summed E-state index contributed by atoms with van der Waals surface area (Å²) in [7, 11) is 0. The van der Waals surface area contributed by atoms with Crippen molar-refractivity contribution in [1.82, 2.24) is 10.2 Å². The van der Waals surface area contributed by atoms with Gasteiger partial charge in [0.1, 0.15) is 18.3 Å². The van der Waals surface area contributed by atoms with Gasteiger partial charge in [0.05, 0.1) is 11.1 Å². The van der Waals surface area contributed by atoms with Gasteiger partial charge in [-0.1, -0.05) is 11.6 Å². The molecule has 6 heteroatoms. The van der Waals surface area contributed by atoms with Gasteiger partial charge in [-0.2, -0.15) is 0 Å². The number of rotatable bonds is 3. The van der Waals surface area contributed by atoms with Crippen LogP contribution < -0.4 is 5.32 Å². The Morgan fingerprint density at radius 1 is 1.28 bits per heavy atom. The molecule has 0 aromatic heterocycles. The first-order chi connectivity index (χ1) is 8.65. The first-order valence-corrected chi connectivity index (χ1v) is 6.17. The van der Waals surface area contributed by atoms with Gasteiger partial charge in [0.2, 0.25) is 0 Å². The fourth-order valence-electron chi connectivity index (χ4n) is 2.20. The third-order valence-electron chi connectivity index (χ3n) is 3.15. The van der Waals surface area contributed by atoms with Crippen molar-refractivity contribution in [2.24, 2.45) is 0 Å². The predicted molar refractivity (Wildman–Crippen MR) is 64.5 cm³/mol. The minimum absolute atomic E-state index is 0.181. The summed E-state index contributed by atoms with van der Waals surface area (Å²) in [5.41, 5.74) is -0.271. The van der Waals surface area contributed by atoms with Crippen LogP contribution in [0.4, 0.5) is 13.2 Å². The molecule has 2 nitrogen and oxygen atoms in total. The fraction of sp³-hybridized carbons (Fsp3) is 0.500. The number of hydrogen-bond donors (Lipinski definition) is 1. The van der Waals surface area contributed by atoms with E-state index in [0.717, 1.165) is 12.1 Å². The molecule has 1 atom stereocenters. The first kappa shape index (κ1) is 13.6. The van der Waals surface area contributed by atoms with E-state index in [1.165, 1.54) is 0 Å². The zero-order valence-electron chi connectivity index (χ0n) is 9.73. The largest absolute Gasteiger partial charge is 0.314 e. The van der Waals surface area contributed by atoms with Crippen molar-refractivity contribution in [3.8, 4) is 0 Å². The van der Waals surface area contributed by atoms with Gasteiger partial charge in [-0.3, -0.25) is 4.90 Å². The molecule has 1 aliphatic heterocycles. The molecule has 1 saturated heterocycles. The fourth-order valence-corrected chi connectivity index (χ4v) is 2.36. The van der Waals surface area contributed by atoms with Crippen LogP contribution in [-0.2, 0) is 0 Å². The average molecular weight is 279 g/mol. The van der Waals surface area contributed by atoms with Crippen molar-refractivity contribution in [3.05, 3.63) is 34.4 Å². The maximum atomic E-state index is 13.9. The van der Waals surface area contributed by atoms with Gasteiger partial charge in [-0.25, -0.2) is 13.2 Å². The zero-order valence-corrected chi connectivity index (χ0v) is 10.5. The Morgan fingerprint density at radius 2 is 1.94 bits per heavy atom. The normalized spacial score (nSPS) is 18.9. The summed E-state index contributed by atoms with van der Waals surface area (Å²) in [6.45, 7) is 1.63. The number of benzene rings is 1. The Balaban J connectivity index is 2.34. The summed E-state index contributed by atoms with van der Waals surface area (Å²) in [6.07, 6.45) is 0. The van der Waals surface area contributed by atoms with Crippen LogP contribution in [0.2, 0.25) is 5.02 Å². The Kier molecular flexibility index (Phi) is 4.48. The summed E-state index contributed by atoms with van der Waals surface area (Å²) >= 11 is 5.63. The van der Waals surface area contributed by atoms with Gasteiger partial charge < -0.3 is 5.32 Å². The van der Waals surface area contributed by atoms with Gasteiger partial charge in [0.15, 0.2) is 0 Å². The second-order valence-electron chi connectivity index (χ2n) is 4.21. The molecule has 0 amide bonds. The second kappa shape index (κ2) is 5.91. The number of nitrogens with one attached hydrogen (secondary N) is 1. The lowest BCUT2D eigenvalue weighted by atomic mass is 10.0. The summed E-state index contributed by atoms with van der Waals surface area (Å²) in [5, 5.41) is 2.93. The number of alkyl halides is 1. The third-order valence-corrected chi connectivity index (χ3v) is 3.44. The topological polar surface area (TPSA) is 15.3 Å². The number of halogens is 4. The van der Waals surface area contributed by atoms with Crippen molar-refractivity contribution < 1.29 is 13.2 Å². The predicted octanol–water partition coefficient (Wildman–Crippen LogP) is 2.53. The van der Waals surface area contributed by atoms with E-state index in [2.05, 4.69) is 5.32 Å². The molecule has 1 aromatic carbocycles. The van der Waals surface area contributed by atoms with Crippen LogP contribution in [0, 0.1) is 11.6 Å². The standard InChI is InChI=1S/C12H14ClF3N2/c13-8-1-2-9(15)11(12(8)16)10(7-14)18-5-3-17-4-6-18/h1-2,10,17H,3-7H2/t10-/m1/s1. The molecule has 0 radical (unpaired) electrons. The van der Waals surface area contributed by atoms with Gasteiger partial charge in [0.25, 0.3) is 0 Å². The van der Waals surface area contributed by atoms with Gasteiger partial charge in [-0.15, -0.1) is 0 Å². The Morgan fingerprint density at radius 3 is 2.56 bits per heavy atom. The van der Waals surface area contributed by atoms with E-state index in [1.807, 2.05) is 0 Å². The summed E-state index contributed by atoms with van der Waals surface area (Å²) < 4.78 is 40.8. The lowest BCUT2D eigenvalue weighted by molar-refractivity contribution is 0.141. The highest BCUT2D eigenvalue weighted by Crippen LogP contribution is 2.30. The molecule has 0 saturated carbocycles. The maximum Gasteiger partial charge on any atom is 0.149 e. The molecular weight excluding hydrogens is 265 g/mol. The monoisotopic (exact) mass is 278 g/mol. The SMILES string of the molecule is FC[C@H](c1c(F)ccc(Cl)c1F)N1CCNCC1. The average Bonchev–Trinajstić information content (AvgIpc) is 2.40. The van der Waals surface area contributed by atoms with Crippen LogP contribution in [0.1, 0.15) is 11.6 Å². The minimum atomic E-state index is -0.911. The first-order valence-electron chi connectivity index (χ1n) is 5.79. The Hall–Kier alpha value is -0.780. The smallest absolute Gasteiger partial charge is 0.149 e. The number of piperazine rings is 1. The van der Waals surface area contributed by atoms with Crippen molar-refractivity contribution in [3.63, 3.8) is 0 Å². The van der Waals surface area contributed by atoms with E-state index >= 15 is 0 Å². The summed E-state index contributed by atoms with van der Waals surface area (Å²) in [5.74, 6) is -1.61. The second-order valence-corrected chi connectivity index (χ2v) is 4.62. The highest BCUT2D eigenvalue weighted by Gasteiger charge is 2.28. The van der Waals surface area contributed by atoms with Crippen LogP contribution in [0.3, 0.4) is 0 Å². The molecule has 0 aliphatic carbocycles. The molecule has 100 valence electrons. The van der Waals surface area contributed by atoms with Gasteiger partial charge in [0, 0.05) is 31.7 Å². The molecule has 1 aliphatic rings. The van der Waals surface area contributed by atoms with Crippen LogP contribution in [-0.4, -0.2) is 37.8 Å². The highest BCUT2D eigenvalue weighted by molar-refractivity contribution is 6.30. The van der Waals surface area contributed by atoms with Crippen LogP contribution in [0.5, 0.6) is 0 Å². The van der Waals surface area contributed by atoms with Crippen molar-refractivity contribution in [1.29, 1.82) is 0 Å². The lowest BCUT2D eigenvalue weighted by Gasteiger charge is -2.33. The number of nitrogens with zero attached hydrogens (tertiary/aromatic N) is 1. The zero-order chi connectivity index (χ0) is 13.1. The molecular formula is C12H14ClF3N2. The molecule has 0 spiro atoms. The Bertz CT molecular complexity index is 422. The number of hydrogen-bond acceptors (Lipinski definition) is 2. The highest BCUT2D eigenvalue weighted by atomic mass is 35.5. The van der Waals surface area contributed by atoms with Crippen LogP contribution >= 0.6 is 11.6 Å². The molecule has 1 heterocycles. The van der Waals surface area contributed by atoms with Gasteiger partial charge >= 0.3 is 0 Å². The van der Waals surface area contributed by atoms with E-state index in [1.54, 1.807) is 4.90 Å². The van der Waals surface area contributed by atoms with E-state index < -0.39 is 24.4 Å². The van der Waals surface area contributed by atoms with Crippen LogP contribution in [0.15, 0.2) is 12.1 Å². The molecule has 1 N–H and O–H groups in total. The van der Waals surface area contributed by atoms with Crippen molar-refractivity contribution >= 4 is 11.6 Å². The lowest BCUT2D eigenvalue weighted by Crippen LogP contribution is -2.46. The summed E-state index contributed by atoms with van der Waals surface area (Å²) in [4.78, 5) is 1.73. The third kappa shape index (κ3) is 2.63. The Labute approximate surface area is 109 Å². The molecule has 18 heavy (non-hydrogen) atoms. The van der Waals surface area contributed by atoms with Crippen LogP contribution in [0.25, 0.3) is 0 Å². The van der Waals surface area contributed by atoms with Gasteiger partial charge in [-0.05, 0) is 12.1 Å². The molecule has 1 aromatic rings. The van der Waals surface area contributed by atoms with E-state index in [9.17, 15) is 13.2 Å². The quantitative estimate of drug-likeness (QED) is 0.855. The molecule has 0 unspecified atom stereocenters. The van der Waals surface area contributed by atoms with Crippen molar-refractivity contribution in [2.75, 3.05) is 32.9 Å². The maximum absolute atomic E-state index is 13.9. The molecule has 1 fully saturated rings. The van der Waals surface area contributed by atoms with E-state index in [-0.39, 0.29) is 10.6 Å².